The van der Waals surface area contributed by atoms with Crippen LogP contribution in [0.4, 0.5) is 0 Å². The average molecular weight is 177 g/mol. The molecule has 1 unspecified atom stereocenters. The molecule has 3 nitrogen and oxygen atoms in total. The van der Waals surface area contributed by atoms with Crippen molar-refractivity contribution in [1.82, 2.24) is 0 Å². The molecule has 1 atom stereocenters. The summed E-state index contributed by atoms with van der Waals surface area (Å²) >= 11 is 0. The maximum absolute atomic E-state index is 11.4. The first-order chi connectivity index (χ1) is 4.92. The van der Waals surface area contributed by atoms with Crippen molar-refractivity contribution in [3.05, 3.63) is 0 Å². The Morgan fingerprint density at radius 3 is 2.27 bits per heavy atom. The highest BCUT2D eigenvalue weighted by atomic mass is 32.2. The van der Waals surface area contributed by atoms with Gasteiger partial charge in [0.2, 0.25) is 0 Å². The molecule has 0 radical (unpaired) electrons. The first kappa shape index (κ1) is 9.00. The molecule has 1 saturated heterocycles. The van der Waals surface area contributed by atoms with Gasteiger partial charge in [-0.15, -0.1) is 0 Å². The van der Waals surface area contributed by atoms with Crippen LogP contribution in [0.15, 0.2) is 0 Å². The van der Waals surface area contributed by atoms with Crippen molar-refractivity contribution in [3.63, 3.8) is 0 Å². The van der Waals surface area contributed by atoms with Crippen LogP contribution in [0.2, 0.25) is 0 Å². The minimum Gasteiger partial charge on any atom is -0.330 e. The molecule has 2 N–H and O–H groups in total. The molecule has 66 valence electrons. The van der Waals surface area contributed by atoms with Crippen LogP contribution in [0.1, 0.15) is 20.3 Å². The fourth-order valence-corrected chi connectivity index (χ4v) is 3.41. The lowest BCUT2D eigenvalue weighted by Gasteiger charge is -2.23. The van der Waals surface area contributed by atoms with Crippen molar-refractivity contribution in [3.8, 4) is 0 Å². The van der Waals surface area contributed by atoms with Crippen molar-refractivity contribution < 1.29 is 8.42 Å². The molecule has 0 spiro atoms. The Morgan fingerprint density at radius 1 is 1.55 bits per heavy atom. The fraction of sp³-hybridized carbons (Fsp3) is 1.00. The number of rotatable bonds is 1. The fourth-order valence-electron chi connectivity index (χ4n) is 1.56. The molecule has 1 aliphatic heterocycles. The van der Waals surface area contributed by atoms with Gasteiger partial charge in [-0.1, -0.05) is 0 Å². The summed E-state index contributed by atoms with van der Waals surface area (Å²) in [5, 5.41) is 0. The molecule has 1 heterocycles. The highest BCUT2D eigenvalue weighted by molar-refractivity contribution is 7.93. The molecular formula is C7H15NO2S. The van der Waals surface area contributed by atoms with Crippen molar-refractivity contribution in [2.75, 3.05) is 12.3 Å². The monoisotopic (exact) mass is 177 g/mol. The molecule has 0 amide bonds. The molecule has 1 rings (SSSR count). The van der Waals surface area contributed by atoms with E-state index in [-0.39, 0.29) is 5.92 Å². The van der Waals surface area contributed by atoms with Crippen molar-refractivity contribution in [1.29, 1.82) is 0 Å². The Balaban J connectivity index is 3.00. The van der Waals surface area contributed by atoms with Crippen LogP contribution in [0, 0.1) is 5.92 Å². The summed E-state index contributed by atoms with van der Waals surface area (Å²) in [6, 6.07) is 0. The molecule has 0 saturated carbocycles. The zero-order valence-corrected chi connectivity index (χ0v) is 7.82. The van der Waals surface area contributed by atoms with Crippen molar-refractivity contribution in [2.24, 2.45) is 11.7 Å². The zero-order valence-electron chi connectivity index (χ0n) is 7.00. The normalized spacial score (nSPS) is 33.9. The van der Waals surface area contributed by atoms with Gasteiger partial charge in [0.15, 0.2) is 9.84 Å². The van der Waals surface area contributed by atoms with E-state index < -0.39 is 14.6 Å². The molecule has 0 aliphatic carbocycles. The second-order valence-electron chi connectivity index (χ2n) is 3.64. The van der Waals surface area contributed by atoms with Gasteiger partial charge in [-0.2, -0.15) is 0 Å². The lowest BCUT2D eigenvalue weighted by atomic mass is 9.93. The summed E-state index contributed by atoms with van der Waals surface area (Å²) in [5.74, 6) is 0.453. The minimum absolute atomic E-state index is 0.146. The summed E-state index contributed by atoms with van der Waals surface area (Å²) < 4.78 is 22.2. The van der Waals surface area contributed by atoms with Gasteiger partial charge in [-0.05, 0) is 32.7 Å². The van der Waals surface area contributed by atoms with Gasteiger partial charge in [0.05, 0.1) is 10.5 Å². The van der Waals surface area contributed by atoms with E-state index in [4.69, 9.17) is 5.73 Å². The predicted octanol–water partition coefficient (Wildman–Crippen LogP) is 0.158. The standard InChI is InChI=1S/C7H15NO2S/c1-7(2)6(5-8)3-4-11(7,9)10/h6H,3-5,8H2,1-2H3. The van der Waals surface area contributed by atoms with Crippen molar-refractivity contribution >= 4 is 9.84 Å². The molecule has 0 aromatic rings. The SMILES string of the molecule is CC1(C)C(CN)CCS1(=O)=O. The summed E-state index contributed by atoms with van der Waals surface area (Å²) in [6.45, 7) is 4.02. The van der Waals surface area contributed by atoms with Crippen LogP contribution >= 0.6 is 0 Å². The van der Waals surface area contributed by atoms with E-state index in [0.717, 1.165) is 6.42 Å². The lowest BCUT2D eigenvalue weighted by Crippen LogP contribution is -2.37. The Bertz CT molecular complexity index is 243. The van der Waals surface area contributed by atoms with Crippen LogP contribution in [0.25, 0.3) is 0 Å². The van der Waals surface area contributed by atoms with Gasteiger partial charge in [0.25, 0.3) is 0 Å². The zero-order chi connectivity index (χ0) is 8.70. The largest absolute Gasteiger partial charge is 0.330 e. The predicted molar refractivity (Wildman–Crippen MR) is 45.0 cm³/mol. The van der Waals surface area contributed by atoms with E-state index in [1.165, 1.54) is 0 Å². The third-order valence-corrected chi connectivity index (χ3v) is 5.51. The van der Waals surface area contributed by atoms with Crippen LogP contribution in [-0.4, -0.2) is 25.5 Å². The third-order valence-electron chi connectivity index (χ3n) is 2.80. The first-order valence-corrected chi connectivity index (χ1v) is 5.49. The summed E-state index contributed by atoms with van der Waals surface area (Å²) in [7, 11) is -2.87. The van der Waals surface area contributed by atoms with Gasteiger partial charge in [-0.3, -0.25) is 0 Å². The Kier molecular flexibility index (Phi) is 2.01. The topological polar surface area (TPSA) is 60.2 Å². The third kappa shape index (κ3) is 1.18. The summed E-state index contributed by atoms with van der Waals surface area (Å²) in [4.78, 5) is 0. The van der Waals surface area contributed by atoms with Crippen molar-refractivity contribution in [2.45, 2.75) is 25.0 Å². The van der Waals surface area contributed by atoms with E-state index in [2.05, 4.69) is 0 Å². The van der Waals surface area contributed by atoms with Crippen LogP contribution < -0.4 is 5.73 Å². The van der Waals surface area contributed by atoms with Crippen LogP contribution in [0.3, 0.4) is 0 Å². The number of hydrogen-bond donors (Lipinski definition) is 1. The smallest absolute Gasteiger partial charge is 0.155 e. The Morgan fingerprint density at radius 2 is 2.09 bits per heavy atom. The van der Waals surface area contributed by atoms with E-state index in [1.54, 1.807) is 13.8 Å². The van der Waals surface area contributed by atoms with Gasteiger partial charge in [-0.25, -0.2) is 8.42 Å². The highest BCUT2D eigenvalue weighted by Gasteiger charge is 2.46. The Labute approximate surface area is 67.9 Å². The molecule has 0 aromatic heterocycles. The van der Waals surface area contributed by atoms with E-state index in [1.807, 2.05) is 0 Å². The van der Waals surface area contributed by atoms with Crippen LogP contribution in [0.5, 0.6) is 0 Å². The second-order valence-corrected chi connectivity index (χ2v) is 6.33. The number of nitrogens with two attached hydrogens (primary N) is 1. The van der Waals surface area contributed by atoms with Crippen LogP contribution in [-0.2, 0) is 9.84 Å². The van der Waals surface area contributed by atoms with E-state index >= 15 is 0 Å². The van der Waals surface area contributed by atoms with E-state index in [0.29, 0.717) is 12.3 Å². The molecule has 4 heteroatoms. The lowest BCUT2D eigenvalue weighted by molar-refractivity contribution is 0.430. The molecule has 0 aromatic carbocycles. The summed E-state index contributed by atoms with van der Waals surface area (Å²) in [5.41, 5.74) is 5.47. The maximum Gasteiger partial charge on any atom is 0.155 e. The molecule has 0 bridgehead atoms. The molecule has 1 aliphatic rings. The minimum atomic E-state index is -2.87. The van der Waals surface area contributed by atoms with Gasteiger partial charge >= 0.3 is 0 Å². The first-order valence-electron chi connectivity index (χ1n) is 3.84. The Hall–Kier alpha value is -0.0900. The second kappa shape index (κ2) is 2.45. The van der Waals surface area contributed by atoms with E-state index in [9.17, 15) is 8.42 Å². The average Bonchev–Trinajstić information content (AvgIpc) is 2.05. The van der Waals surface area contributed by atoms with Gasteiger partial charge < -0.3 is 5.73 Å². The van der Waals surface area contributed by atoms with Gasteiger partial charge in [0, 0.05) is 0 Å². The maximum atomic E-state index is 11.4. The quantitative estimate of drug-likeness (QED) is 0.620. The van der Waals surface area contributed by atoms with Gasteiger partial charge in [0.1, 0.15) is 0 Å². The number of hydrogen-bond acceptors (Lipinski definition) is 3. The molecule has 11 heavy (non-hydrogen) atoms. The summed E-state index contributed by atoms with van der Waals surface area (Å²) in [6.07, 6.45) is 0.728. The highest BCUT2D eigenvalue weighted by Crippen LogP contribution is 2.36. The number of sulfone groups is 1. The molecular weight excluding hydrogens is 162 g/mol. The molecule has 1 fully saturated rings.